The molecule has 0 atom stereocenters. The molecule has 0 aliphatic rings. The van der Waals surface area contributed by atoms with Crippen LogP contribution in [0.4, 0.5) is 5.69 Å². The first kappa shape index (κ1) is 16.8. The number of benzene rings is 2. The van der Waals surface area contributed by atoms with Gasteiger partial charge in [-0.05, 0) is 47.2 Å². The maximum atomic E-state index is 12.0. The lowest BCUT2D eigenvalue weighted by Gasteiger charge is -2.19. The minimum absolute atomic E-state index is 0.00197. The van der Waals surface area contributed by atoms with Gasteiger partial charge in [0.25, 0.3) is 0 Å². The van der Waals surface area contributed by atoms with Crippen molar-refractivity contribution >= 4 is 11.6 Å². The zero-order valence-corrected chi connectivity index (χ0v) is 13.9. The maximum Gasteiger partial charge on any atom is 0.224 e. The van der Waals surface area contributed by atoms with Crippen LogP contribution < -0.4 is 5.32 Å². The van der Waals surface area contributed by atoms with E-state index in [9.17, 15) is 4.79 Å². The second-order valence-corrected chi connectivity index (χ2v) is 6.68. The van der Waals surface area contributed by atoms with Crippen LogP contribution in [-0.4, -0.2) is 5.91 Å². The van der Waals surface area contributed by atoms with Crippen LogP contribution in [-0.2, 0) is 16.6 Å². The number of carbonyl (C=O) groups excluding carboxylic acids is 1. The van der Waals surface area contributed by atoms with Crippen LogP contribution in [0.15, 0.2) is 48.5 Å². The highest BCUT2D eigenvalue weighted by atomic mass is 16.1. The Morgan fingerprint density at radius 1 is 1.04 bits per heavy atom. The summed E-state index contributed by atoms with van der Waals surface area (Å²) in [6.45, 7) is 6.49. The molecule has 2 rings (SSSR count). The van der Waals surface area contributed by atoms with E-state index in [1.807, 2.05) is 24.3 Å². The predicted molar refractivity (Wildman–Crippen MR) is 93.2 cm³/mol. The van der Waals surface area contributed by atoms with Crippen molar-refractivity contribution < 1.29 is 4.79 Å². The van der Waals surface area contributed by atoms with Gasteiger partial charge in [0.05, 0.1) is 11.6 Å². The molecule has 23 heavy (non-hydrogen) atoms. The molecule has 0 aromatic heterocycles. The number of amides is 1. The van der Waals surface area contributed by atoms with Crippen molar-refractivity contribution in [3.8, 4) is 6.07 Å². The molecule has 0 saturated heterocycles. The molecule has 0 aliphatic carbocycles. The first-order valence-electron chi connectivity index (χ1n) is 7.78. The van der Waals surface area contributed by atoms with Gasteiger partial charge >= 0.3 is 0 Å². The Morgan fingerprint density at radius 3 is 2.17 bits per heavy atom. The topological polar surface area (TPSA) is 52.9 Å². The molecule has 1 amide bonds. The third kappa shape index (κ3) is 4.96. The number of nitriles is 1. The molecule has 0 spiro atoms. The van der Waals surface area contributed by atoms with Gasteiger partial charge in [0, 0.05) is 12.1 Å². The first-order valence-corrected chi connectivity index (χ1v) is 7.78. The molecule has 0 unspecified atom stereocenters. The van der Waals surface area contributed by atoms with Crippen LogP contribution in [0.3, 0.4) is 0 Å². The van der Waals surface area contributed by atoms with Gasteiger partial charge in [-0.25, -0.2) is 0 Å². The van der Waals surface area contributed by atoms with Gasteiger partial charge in [-0.15, -0.1) is 0 Å². The summed E-state index contributed by atoms with van der Waals surface area (Å²) in [5.74, 6) is -0.00197. The average Bonchev–Trinajstić information content (AvgIpc) is 2.53. The van der Waals surface area contributed by atoms with Crippen molar-refractivity contribution in [3.05, 3.63) is 65.2 Å². The van der Waals surface area contributed by atoms with Crippen molar-refractivity contribution in [2.24, 2.45) is 0 Å². The van der Waals surface area contributed by atoms with Crippen molar-refractivity contribution in [1.29, 1.82) is 5.26 Å². The van der Waals surface area contributed by atoms with Crippen LogP contribution in [0, 0.1) is 11.3 Å². The molecule has 118 valence electrons. The number of hydrogen-bond donors (Lipinski definition) is 1. The van der Waals surface area contributed by atoms with Crippen LogP contribution in [0.5, 0.6) is 0 Å². The fourth-order valence-corrected chi connectivity index (χ4v) is 2.28. The summed E-state index contributed by atoms with van der Waals surface area (Å²) >= 11 is 0. The predicted octanol–water partition coefficient (Wildman–Crippen LogP) is 4.43. The van der Waals surface area contributed by atoms with Crippen LogP contribution in [0.25, 0.3) is 0 Å². The van der Waals surface area contributed by atoms with E-state index >= 15 is 0 Å². The van der Waals surface area contributed by atoms with Gasteiger partial charge in [-0.2, -0.15) is 5.26 Å². The number of carbonyl (C=O) groups is 1. The second kappa shape index (κ2) is 7.11. The highest BCUT2D eigenvalue weighted by Crippen LogP contribution is 2.23. The summed E-state index contributed by atoms with van der Waals surface area (Å²) in [7, 11) is 0. The first-order chi connectivity index (χ1) is 10.9. The average molecular weight is 306 g/mol. The molecule has 3 heteroatoms. The molecular weight excluding hydrogens is 284 g/mol. The smallest absolute Gasteiger partial charge is 0.224 e. The van der Waals surface area contributed by atoms with E-state index in [4.69, 9.17) is 5.26 Å². The third-order valence-corrected chi connectivity index (χ3v) is 3.76. The third-order valence-electron chi connectivity index (χ3n) is 3.76. The number of anilines is 1. The number of nitrogens with zero attached hydrogens (tertiary/aromatic N) is 1. The molecule has 0 aliphatic heterocycles. The fourth-order valence-electron chi connectivity index (χ4n) is 2.28. The Hall–Kier alpha value is -2.60. The fraction of sp³-hybridized carbons (Fsp3) is 0.300. The van der Waals surface area contributed by atoms with Crippen molar-refractivity contribution in [1.82, 2.24) is 0 Å². The number of hydrogen-bond acceptors (Lipinski definition) is 2. The van der Waals surface area contributed by atoms with Crippen LogP contribution >= 0.6 is 0 Å². The lowest BCUT2D eigenvalue weighted by Crippen LogP contribution is -2.14. The molecule has 0 bridgehead atoms. The van der Waals surface area contributed by atoms with Crippen molar-refractivity contribution in [2.75, 3.05) is 5.32 Å². The Morgan fingerprint density at radius 2 is 1.65 bits per heavy atom. The molecular formula is C20H22N2O. The van der Waals surface area contributed by atoms with Gasteiger partial charge < -0.3 is 5.32 Å². The second-order valence-electron chi connectivity index (χ2n) is 6.68. The largest absolute Gasteiger partial charge is 0.326 e. The summed E-state index contributed by atoms with van der Waals surface area (Å²) in [6.07, 6.45) is 1.09. The van der Waals surface area contributed by atoms with E-state index < -0.39 is 0 Å². The molecule has 1 N–H and O–H groups in total. The molecule has 0 fully saturated rings. The standard InChI is InChI=1S/C20H22N2O/c1-20(2,3)17-9-11-18(12-10-17)22-19(23)13-8-15-4-6-16(14-21)7-5-15/h4-7,9-12H,8,13H2,1-3H3,(H,22,23). The number of nitrogens with one attached hydrogen (secondary N) is 1. The van der Waals surface area contributed by atoms with E-state index in [2.05, 4.69) is 44.3 Å². The normalized spacial score (nSPS) is 10.9. The zero-order valence-electron chi connectivity index (χ0n) is 13.9. The van der Waals surface area contributed by atoms with E-state index in [1.165, 1.54) is 5.56 Å². The lowest BCUT2D eigenvalue weighted by molar-refractivity contribution is -0.116. The highest BCUT2D eigenvalue weighted by molar-refractivity contribution is 5.90. The monoisotopic (exact) mass is 306 g/mol. The van der Waals surface area contributed by atoms with Gasteiger partial charge in [-0.3, -0.25) is 4.79 Å². The minimum Gasteiger partial charge on any atom is -0.326 e. The van der Waals surface area contributed by atoms with E-state index in [1.54, 1.807) is 12.1 Å². The molecule has 3 nitrogen and oxygen atoms in total. The highest BCUT2D eigenvalue weighted by Gasteiger charge is 2.13. The molecule has 2 aromatic rings. The molecule has 0 saturated carbocycles. The van der Waals surface area contributed by atoms with Gasteiger partial charge in [0.2, 0.25) is 5.91 Å². The molecule has 0 radical (unpaired) electrons. The Kier molecular flexibility index (Phi) is 5.18. The summed E-state index contributed by atoms with van der Waals surface area (Å²) in [5, 5.41) is 11.7. The van der Waals surface area contributed by atoms with Gasteiger partial charge in [0.15, 0.2) is 0 Å². The molecule has 2 aromatic carbocycles. The lowest BCUT2D eigenvalue weighted by atomic mass is 9.87. The van der Waals surface area contributed by atoms with Crippen molar-refractivity contribution in [3.63, 3.8) is 0 Å². The maximum absolute atomic E-state index is 12.0. The minimum atomic E-state index is -0.00197. The summed E-state index contributed by atoms with van der Waals surface area (Å²) in [5.41, 5.74) is 3.87. The quantitative estimate of drug-likeness (QED) is 0.908. The van der Waals surface area contributed by atoms with E-state index in [0.717, 1.165) is 11.3 Å². The van der Waals surface area contributed by atoms with E-state index in [0.29, 0.717) is 18.4 Å². The Balaban J connectivity index is 1.88. The summed E-state index contributed by atoms with van der Waals surface area (Å²) < 4.78 is 0. The van der Waals surface area contributed by atoms with Gasteiger partial charge in [0.1, 0.15) is 0 Å². The number of rotatable bonds is 4. The van der Waals surface area contributed by atoms with E-state index in [-0.39, 0.29) is 11.3 Å². The van der Waals surface area contributed by atoms with Crippen LogP contribution in [0.2, 0.25) is 0 Å². The SMILES string of the molecule is CC(C)(C)c1ccc(NC(=O)CCc2ccc(C#N)cc2)cc1. The van der Waals surface area contributed by atoms with Crippen LogP contribution in [0.1, 0.15) is 43.9 Å². The summed E-state index contributed by atoms with van der Waals surface area (Å²) in [6, 6.07) is 17.4. The van der Waals surface area contributed by atoms with Crippen molar-refractivity contribution in [2.45, 2.75) is 39.0 Å². The summed E-state index contributed by atoms with van der Waals surface area (Å²) in [4.78, 5) is 12.0. The number of aryl methyl sites for hydroxylation is 1. The zero-order chi connectivity index (χ0) is 16.9. The molecule has 0 heterocycles. The van der Waals surface area contributed by atoms with Gasteiger partial charge in [-0.1, -0.05) is 45.0 Å². The Bertz CT molecular complexity index is 701. The Labute approximate surface area is 138 Å².